The van der Waals surface area contributed by atoms with Gasteiger partial charge in [0.1, 0.15) is 23.0 Å². The Morgan fingerprint density at radius 3 is 1.73 bits per heavy atom. The molecule has 2 saturated carbocycles. The first-order chi connectivity index (χ1) is 24.7. The molecule has 0 spiro atoms. The van der Waals surface area contributed by atoms with E-state index in [1.807, 2.05) is 66.7 Å². The molecule has 0 bridgehead atoms. The lowest BCUT2D eigenvalue weighted by Crippen LogP contribution is -2.18. The fourth-order valence-corrected chi connectivity index (χ4v) is 5.97. The molecule has 2 fully saturated rings. The number of methoxy groups -OCH3 is 3. The van der Waals surface area contributed by atoms with Crippen LogP contribution in [0, 0.1) is 0 Å². The Labute approximate surface area is 300 Å². The zero-order valence-corrected chi connectivity index (χ0v) is 29.9. The van der Waals surface area contributed by atoms with Gasteiger partial charge in [-0.3, -0.25) is 16.1 Å². The largest absolute Gasteiger partial charge is 0.497 e. The molecule has 0 saturated heterocycles. The molecular formula is C39H53N5O7. The van der Waals surface area contributed by atoms with Crippen molar-refractivity contribution in [3.63, 3.8) is 0 Å². The summed E-state index contributed by atoms with van der Waals surface area (Å²) in [7, 11) is 4.95. The quantitative estimate of drug-likeness (QED) is 0.0944. The number of nitrogen functional groups attached to an aromatic ring is 1. The summed E-state index contributed by atoms with van der Waals surface area (Å²) in [5.74, 6) is 7.99. The average Bonchev–Trinajstić information content (AvgIpc) is 3.53. The molecule has 3 aromatic carbocycles. The fourth-order valence-electron chi connectivity index (χ4n) is 5.97. The molecule has 0 radical (unpaired) electrons. The zero-order chi connectivity index (χ0) is 36.6. The lowest BCUT2D eigenvalue weighted by Gasteiger charge is -2.18. The van der Waals surface area contributed by atoms with Crippen LogP contribution in [-0.2, 0) is 17.6 Å². The summed E-state index contributed by atoms with van der Waals surface area (Å²) < 4.78 is 15.3. The third-order valence-corrected chi connectivity index (χ3v) is 9.10. The van der Waals surface area contributed by atoms with E-state index >= 15 is 0 Å². The number of aryl methyl sites for hydroxylation is 1. The smallest absolute Gasteiger partial charge is 0.133 e. The minimum atomic E-state index is -0.201. The molecule has 0 amide bonds. The molecule has 276 valence electrons. The Morgan fingerprint density at radius 2 is 1.20 bits per heavy atom. The summed E-state index contributed by atoms with van der Waals surface area (Å²) in [6, 6.07) is 21.1. The number of rotatable bonds is 6. The van der Waals surface area contributed by atoms with Gasteiger partial charge < -0.3 is 39.9 Å². The van der Waals surface area contributed by atoms with Crippen LogP contribution in [0.1, 0.15) is 69.0 Å². The van der Waals surface area contributed by atoms with Gasteiger partial charge in [-0.1, -0.05) is 0 Å². The van der Waals surface area contributed by atoms with Crippen molar-refractivity contribution in [3.05, 3.63) is 78.0 Å². The van der Waals surface area contributed by atoms with E-state index in [0.29, 0.717) is 31.5 Å². The molecule has 12 nitrogen and oxygen atoms in total. The van der Waals surface area contributed by atoms with Crippen LogP contribution in [0.15, 0.2) is 71.8 Å². The van der Waals surface area contributed by atoms with Crippen molar-refractivity contribution in [1.29, 1.82) is 0 Å². The van der Waals surface area contributed by atoms with Gasteiger partial charge in [0.25, 0.3) is 0 Å². The number of ketones is 1. The van der Waals surface area contributed by atoms with Crippen molar-refractivity contribution in [3.8, 4) is 17.2 Å². The van der Waals surface area contributed by atoms with E-state index in [1.165, 1.54) is 16.6 Å². The average molecular weight is 704 g/mol. The lowest BCUT2D eigenvalue weighted by molar-refractivity contribution is -0.122. The van der Waals surface area contributed by atoms with Crippen LogP contribution in [-0.4, -0.2) is 71.4 Å². The lowest BCUT2D eigenvalue weighted by atomic mass is 9.93. The van der Waals surface area contributed by atoms with Gasteiger partial charge in [-0.05, 0) is 124 Å². The van der Waals surface area contributed by atoms with E-state index in [-0.39, 0.29) is 18.3 Å². The fraction of sp³-hybridized carbons (Fsp3) is 0.436. The van der Waals surface area contributed by atoms with E-state index in [4.69, 9.17) is 25.2 Å². The topological polar surface area (TPSA) is 184 Å². The predicted octanol–water partition coefficient (Wildman–Crippen LogP) is 5.90. The van der Waals surface area contributed by atoms with E-state index in [1.54, 1.807) is 21.3 Å². The highest BCUT2D eigenvalue weighted by molar-refractivity contribution is 5.86. The number of Topliss-reactive ketones (excluding diaryl/α,β-unsaturated/α-hetero) is 1. The van der Waals surface area contributed by atoms with Gasteiger partial charge >= 0.3 is 0 Å². The second kappa shape index (κ2) is 20.3. The van der Waals surface area contributed by atoms with E-state index in [0.717, 1.165) is 84.8 Å². The third kappa shape index (κ3) is 12.6. The molecule has 1 heterocycles. The maximum absolute atomic E-state index is 10.5. The number of nitrogens with two attached hydrogens (primary N) is 1. The number of fused-ring (bicyclic) bond motifs is 3. The molecule has 1 aromatic heterocycles. The van der Waals surface area contributed by atoms with Crippen LogP contribution in [0.25, 0.3) is 10.9 Å². The number of aliphatic hydroxyl groups excluding tert-OH is 3. The molecule has 1 unspecified atom stereocenters. The van der Waals surface area contributed by atoms with Gasteiger partial charge in [0.2, 0.25) is 0 Å². The minimum absolute atomic E-state index is 0.144. The molecule has 8 N–H and O–H groups in total. The first-order valence-corrected chi connectivity index (χ1v) is 17.5. The maximum Gasteiger partial charge on any atom is 0.133 e. The number of carbonyl (C=O) groups excluding carboxylic acids is 1. The Balaban J connectivity index is 0.000000159. The summed E-state index contributed by atoms with van der Waals surface area (Å²) in [6.45, 7) is 0. The number of hydrogen-bond acceptors (Lipinski definition) is 11. The van der Waals surface area contributed by atoms with Gasteiger partial charge in [0, 0.05) is 47.3 Å². The van der Waals surface area contributed by atoms with Gasteiger partial charge in [0.05, 0.1) is 45.3 Å². The number of anilines is 2. The van der Waals surface area contributed by atoms with Crippen molar-refractivity contribution in [2.24, 2.45) is 10.9 Å². The van der Waals surface area contributed by atoms with Crippen LogP contribution in [0.5, 0.6) is 17.2 Å². The number of carbonyl (C=O) groups is 1. The summed E-state index contributed by atoms with van der Waals surface area (Å²) in [5.41, 5.74) is 12.2. The highest BCUT2D eigenvalue weighted by atomic mass is 16.5. The number of hydrazone groups is 1. The molecule has 0 aliphatic heterocycles. The zero-order valence-electron chi connectivity index (χ0n) is 29.9. The van der Waals surface area contributed by atoms with Crippen LogP contribution < -0.4 is 30.9 Å². The Morgan fingerprint density at radius 1 is 0.686 bits per heavy atom. The number of aromatic amines is 1. The number of ether oxygens (including phenoxy) is 3. The first-order valence-electron chi connectivity index (χ1n) is 17.5. The molecule has 51 heavy (non-hydrogen) atoms. The number of hydrogen-bond donors (Lipinski definition) is 7. The van der Waals surface area contributed by atoms with Crippen molar-refractivity contribution in [2.45, 2.75) is 88.9 Å². The molecule has 7 rings (SSSR count). The highest BCUT2D eigenvalue weighted by Crippen LogP contribution is 2.31. The molecule has 4 aromatic rings. The Hall–Kier alpha value is -4.62. The number of aromatic nitrogens is 1. The second-order valence-corrected chi connectivity index (χ2v) is 12.8. The first kappa shape index (κ1) is 39.2. The standard InChI is InChI=1S/C13H18N2O2.C13H15NO2.C7H10N2O.C6H10O2/c1-17-13-8-4-11(5-9-13)15-14-10-2-6-12(16)7-3-10;1-16-9-3-5-13-11(7-9)10-6-8(15)2-4-12(10)14-13;1-10-7-4-2-6(9-8)3-5-7;7-5-1-2-6(8)4-3-5/h4-5,8-9,12,15-16H,2-3,6-7H2,1H3;3,5,7-8,14-15H,2,4,6H2,1H3;2-5,9H,8H2,1H3;5,7H,1-4H2. The minimum Gasteiger partial charge on any atom is -0.497 e. The van der Waals surface area contributed by atoms with Crippen LogP contribution in [0.2, 0.25) is 0 Å². The molecule has 3 aliphatic rings. The van der Waals surface area contributed by atoms with Gasteiger partial charge in [-0.2, -0.15) is 5.10 Å². The number of H-pyrrole nitrogens is 1. The summed E-state index contributed by atoms with van der Waals surface area (Å²) >= 11 is 0. The van der Waals surface area contributed by atoms with E-state index in [9.17, 15) is 15.0 Å². The number of nitrogens with one attached hydrogen (secondary N) is 3. The van der Waals surface area contributed by atoms with Crippen LogP contribution in [0.3, 0.4) is 0 Å². The second-order valence-electron chi connectivity index (χ2n) is 12.8. The number of nitrogens with zero attached hydrogens (tertiary/aromatic N) is 1. The normalized spacial score (nSPS) is 18.3. The SMILES string of the molecule is COc1ccc(NN)cc1.COc1ccc(NN=C2CCC(O)CC2)cc1.COc1ccc2[nH]c3c(c2c1)CC(O)CC3.O=C1CCC(O)CC1. The Bertz CT molecular complexity index is 1630. The monoisotopic (exact) mass is 703 g/mol. The van der Waals surface area contributed by atoms with Crippen LogP contribution >= 0.6 is 0 Å². The van der Waals surface area contributed by atoms with Crippen LogP contribution in [0.4, 0.5) is 11.4 Å². The van der Waals surface area contributed by atoms with E-state index in [2.05, 4.69) is 20.9 Å². The van der Waals surface area contributed by atoms with Crippen molar-refractivity contribution in [2.75, 3.05) is 32.2 Å². The number of hydrazine groups is 1. The summed E-state index contributed by atoms with van der Waals surface area (Å²) in [6.07, 6.45) is 7.94. The van der Waals surface area contributed by atoms with Crippen molar-refractivity contribution >= 4 is 33.8 Å². The predicted molar refractivity (Wildman–Crippen MR) is 202 cm³/mol. The number of benzene rings is 3. The maximum atomic E-state index is 10.5. The third-order valence-electron chi connectivity index (χ3n) is 9.10. The number of aliphatic hydroxyl groups is 3. The van der Waals surface area contributed by atoms with E-state index < -0.39 is 0 Å². The van der Waals surface area contributed by atoms with Crippen molar-refractivity contribution in [1.82, 2.24) is 4.98 Å². The Kier molecular flexibility index (Phi) is 15.6. The van der Waals surface area contributed by atoms with Crippen molar-refractivity contribution < 1.29 is 34.3 Å². The molecule has 1 atom stereocenters. The van der Waals surface area contributed by atoms with Gasteiger partial charge in [-0.15, -0.1) is 0 Å². The van der Waals surface area contributed by atoms with Gasteiger partial charge in [0.15, 0.2) is 0 Å². The highest BCUT2D eigenvalue weighted by Gasteiger charge is 2.21. The molecule has 12 heteroatoms. The molecular weight excluding hydrogens is 650 g/mol. The summed E-state index contributed by atoms with van der Waals surface area (Å²) in [5, 5.41) is 33.5. The molecule has 3 aliphatic carbocycles. The summed E-state index contributed by atoms with van der Waals surface area (Å²) in [4.78, 5) is 13.9. The van der Waals surface area contributed by atoms with Gasteiger partial charge in [-0.25, -0.2) is 0 Å².